The van der Waals surface area contributed by atoms with Gasteiger partial charge in [0.15, 0.2) is 0 Å². The van der Waals surface area contributed by atoms with E-state index in [0.29, 0.717) is 6.42 Å². The molecule has 0 spiro atoms. The van der Waals surface area contributed by atoms with Crippen LogP contribution in [0.3, 0.4) is 0 Å². The van der Waals surface area contributed by atoms with E-state index in [4.69, 9.17) is 4.43 Å². The molecule has 1 N–H and O–H groups in total. The lowest BCUT2D eigenvalue weighted by Gasteiger charge is -2.38. The molecule has 26 heavy (non-hydrogen) atoms. The lowest BCUT2D eigenvalue weighted by molar-refractivity contribution is 0.0558. The summed E-state index contributed by atoms with van der Waals surface area (Å²) in [5.74, 6) is 0.792. The molecule has 0 aliphatic rings. The van der Waals surface area contributed by atoms with Crippen molar-refractivity contribution in [3.8, 4) is 5.75 Å². The topological polar surface area (TPSA) is 29.5 Å². The first-order chi connectivity index (χ1) is 12.0. The molecule has 0 fully saturated rings. The second-order valence-corrected chi connectivity index (χ2v) is 13.4. The third-order valence-electron chi connectivity index (χ3n) is 5.45. The summed E-state index contributed by atoms with van der Waals surface area (Å²) in [7, 11) is -1.99. The highest BCUT2D eigenvalue weighted by molar-refractivity contribution is 6.74. The molecule has 0 bridgehead atoms. The third-order valence-corrected chi connectivity index (χ3v) is 9.79. The van der Waals surface area contributed by atoms with Gasteiger partial charge in [-0.3, -0.25) is 0 Å². The number of para-hydroxylation sites is 1. The normalized spacial score (nSPS) is 14.6. The summed E-state index contributed by atoms with van der Waals surface area (Å²) < 4.78 is 6.54. The first-order valence-corrected chi connectivity index (χ1v) is 12.1. The van der Waals surface area contributed by atoms with E-state index in [9.17, 15) is 5.11 Å². The van der Waals surface area contributed by atoms with Gasteiger partial charge in [0, 0.05) is 12.0 Å². The van der Waals surface area contributed by atoms with Crippen molar-refractivity contribution in [3.63, 3.8) is 0 Å². The maximum absolute atomic E-state index is 11.3. The number of benzene rings is 2. The first-order valence-electron chi connectivity index (χ1n) is 9.19. The van der Waals surface area contributed by atoms with Crippen molar-refractivity contribution in [2.45, 2.75) is 57.8 Å². The number of aliphatic hydroxyl groups is 1. The van der Waals surface area contributed by atoms with E-state index >= 15 is 0 Å². The van der Waals surface area contributed by atoms with Gasteiger partial charge in [0.25, 0.3) is 0 Å². The van der Waals surface area contributed by atoms with E-state index in [1.807, 2.05) is 61.5 Å². The fourth-order valence-electron chi connectivity index (χ4n) is 2.79. The zero-order valence-electron chi connectivity index (χ0n) is 17.0. The predicted octanol–water partition coefficient (Wildman–Crippen LogP) is 6.16. The smallest absolute Gasteiger partial charge is 0.250 e. The van der Waals surface area contributed by atoms with Crippen LogP contribution in [0.1, 0.15) is 44.4 Å². The van der Waals surface area contributed by atoms with E-state index in [0.717, 1.165) is 22.4 Å². The van der Waals surface area contributed by atoms with Gasteiger partial charge in [0.2, 0.25) is 8.32 Å². The Morgan fingerprint density at radius 3 is 2.19 bits per heavy atom. The molecule has 0 radical (unpaired) electrons. The average molecular weight is 369 g/mol. The van der Waals surface area contributed by atoms with Crippen LogP contribution in [0.25, 0.3) is 6.08 Å². The molecule has 1 unspecified atom stereocenters. The van der Waals surface area contributed by atoms with Crippen molar-refractivity contribution >= 4 is 14.4 Å². The van der Waals surface area contributed by atoms with Gasteiger partial charge in [-0.1, -0.05) is 75.9 Å². The Labute approximate surface area is 159 Å². The Kier molecular flexibility index (Phi) is 5.84. The second-order valence-electron chi connectivity index (χ2n) is 8.71. The maximum atomic E-state index is 11.3. The number of hydrogen-bond donors (Lipinski definition) is 1. The third kappa shape index (κ3) is 4.46. The Morgan fingerprint density at radius 2 is 1.58 bits per heavy atom. The largest absolute Gasteiger partial charge is 0.543 e. The Hall–Kier alpha value is -1.84. The fraction of sp³-hybridized carbons (Fsp3) is 0.391. The molecule has 140 valence electrons. The molecule has 1 atom stereocenters. The average Bonchev–Trinajstić information content (AvgIpc) is 2.54. The molecule has 3 heteroatoms. The van der Waals surface area contributed by atoms with Gasteiger partial charge in [-0.15, -0.1) is 0 Å². The lowest BCUT2D eigenvalue weighted by Crippen LogP contribution is -2.44. The van der Waals surface area contributed by atoms with Gasteiger partial charge in [0.05, 0.1) is 5.60 Å². The van der Waals surface area contributed by atoms with Gasteiger partial charge in [0.1, 0.15) is 5.75 Å². The zero-order chi connectivity index (χ0) is 19.6. The minimum absolute atomic E-state index is 0.0986. The van der Waals surface area contributed by atoms with Crippen molar-refractivity contribution in [2.24, 2.45) is 0 Å². The Morgan fingerprint density at radius 1 is 1.00 bits per heavy atom. The Bertz CT molecular complexity index is 770. The number of rotatable bonds is 6. The van der Waals surface area contributed by atoms with E-state index in [2.05, 4.69) is 40.4 Å². The summed E-state index contributed by atoms with van der Waals surface area (Å²) in [6, 6.07) is 15.9. The highest BCUT2D eigenvalue weighted by atomic mass is 28.4. The quantitative estimate of drug-likeness (QED) is 0.618. The lowest BCUT2D eigenvalue weighted by atomic mass is 9.87. The molecule has 0 amide bonds. The summed E-state index contributed by atoms with van der Waals surface area (Å²) in [5.41, 5.74) is 1.94. The van der Waals surface area contributed by atoms with Crippen molar-refractivity contribution in [2.75, 3.05) is 0 Å². The van der Waals surface area contributed by atoms with Crippen molar-refractivity contribution in [3.05, 3.63) is 71.8 Å². The molecule has 2 aromatic rings. The predicted molar refractivity (Wildman–Crippen MR) is 114 cm³/mol. The fourth-order valence-corrected chi connectivity index (χ4v) is 3.82. The Balaban J connectivity index is 2.40. The summed E-state index contributed by atoms with van der Waals surface area (Å²) in [4.78, 5) is 0. The minimum atomic E-state index is -1.99. The van der Waals surface area contributed by atoms with Crippen molar-refractivity contribution in [1.82, 2.24) is 0 Å². The van der Waals surface area contributed by atoms with Crippen molar-refractivity contribution < 1.29 is 9.53 Å². The first kappa shape index (κ1) is 20.5. The van der Waals surface area contributed by atoms with Crippen LogP contribution in [-0.2, 0) is 12.0 Å². The molecule has 0 saturated heterocycles. The molecule has 2 aromatic carbocycles. The van der Waals surface area contributed by atoms with Crippen LogP contribution in [0.2, 0.25) is 18.1 Å². The molecule has 0 heterocycles. The van der Waals surface area contributed by atoms with Crippen LogP contribution < -0.4 is 4.43 Å². The zero-order valence-corrected chi connectivity index (χ0v) is 18.0. The van der Waals surface area contributed by atoms with E-state index < -0.39 is 13.9 Å². The SMILES string of the molecule is C=Cc1ccccc1CC(C)(O)c1ccccc1O[Si](C)(C)C(C)(C)C. The number of hydrogen-bond acceptors (Lipinski definition) is 2. The minimum Gasteiger partial charge on any atom is -0.543 e. The molecule has 0 saturated carbocycles. The van der Waals surface area contributed by atoms with Crippen LogP contribution in [0.4, 0.5) is 0 Å². The van der Waals surface area contributed by atoms with E-state index in [1.165, 1.54) is 0 Å². The molecule has 0 aliphatic carbocycles. The van der Waals surface area contributed by atoms with Gasteiger partial charge >= 0.3 is 0 Å². The van der Waals surface area contributed by atoms with E-state index in [1.54, 1.807) is 0 Å². The van der Waals surface area contributed by atoms with Crippen LogP contribution in [0.15, 0.2) is 55.1 Å². The maximum Gasteiger partial charge on any atom is 0.250 e. The molecule has 0 aliphatic heterocycles. The molecular formula is C23H32O2Si. The van der Waals surface area contributed by atoms with E-state index in [-0.39, 0.29) is 5.04 Å². The summed E-state index contributed by atoms with van der Waals surface area (Å²) in [6.45, 7) is 16.9. The van der Waals surface area contributed by atoms with Crippen LogP contribution in [-0.4, -0.2) is 13.4 Å². The summed E-state index contributed by atoms with van der Waals surface area (Å²) >= 11 is 0. The van der Waals surface area contributed by atoms with Crippen molar-refractivity contribution in [1.29, 1.82) is 0 Å². The molecular weight excluding hydrogens is 336 g/mol. The monoisotopic (exact) mass is 368 g/mol. The van der Waals surface area contributed by atoms with Gasteiger partial charge < -0.3 is 9.53 Å². The molecule has 2 rings (SSSR count). The van der Waals surface area contributed by atoms with Crippen LogP contribution in [0.5, 0.6) is 5.75 Å². The summed E-state index contributed by atoms with van der Waals surface area (Å²) in [5, 5.41) is 11.4. The van der Waals surface area contributed by atoms with Gasteiger partial charge in [-0.25, -0.2) is 0 Å². The van der Waals surface area contributed by atoms with Gasteiger partial charge in [-0.05, 0) is 42.2 Å². The van der Waals surface area contributed by atoms with Crippen LogP contribution in [0, 0.1) is 0 Å². The molecule has 0 aromatic heterocycles. The highest BCUT2D eigenvalue weighted by Gasteiger charge is 2.40. The van der Waals surface area contributed by atoms with Gasteiger partial charge in [-0.2, -0.15) is 0 Å². The second kappa shape index (κ2) is 7.41. The summed E-state index contributed by atoms with van der Waals surface area (Å²) in [6.07, 6.45) is 2.34. The van der Waals surface area contributed by atoms with Crippen LogP contribution >= 0.6 is 0 Å². The standard InChI is InChI=1S/C23H32O2Si/c1-8-18-13-9-10-14-19(18)17-23(5,24)20-15-11-12-16-21(20)25-26(6,7)22(2,3)4/h8-16,24H,1,17H2,2-7H3. The highest BCUT2D eigenvalue weighted by Crippen LogP contribution is 2.40. The molecule has 2 nitrogen and oxygen atoms in total.